The molecule has 8 aromatic rings. The van der Waals surface area contributed by atoms with E-state index in [4.69, 9.17) is 21.0 Å². The number of halogens is 1. The number of nitrogens with zero attached hydrogens (tertiary/aromatic N) is 2. The van der Waals surface area contributed by atoms with E-state index in [-0.39, 0.29) is 0 Å². The van der Waals surface area contributed by atoms with Crippen molar-refractivity contribution in [2.45, 2.75) is 19.8 Å². The quantitative estimate of drug-likeness (QED) is 0.208. The molecule has 0 aliphatic heterocycles. The summed E-state index contributed by atoms with van der Waals surface area (Å²) in [5.74, 6) is 0.621. The number of hydrogen-bond acceptors (Lipinski definition) is 3. The van der Waals surface area contributed by atoms with Crippen LogP contribution in [0.1, 0.15) is 22.4 Å². The van der Waals surface area contributed by atoms with Crippen molar-refractivity contribution in [3.8, 4) is 17.1 Å². The molecule has 1 aliphatic carbocycles. The van der Waals surface area contributed by atoms with E-state index in [0.29, 0.717) is 5.89 Å². The lowest BCUT2D eigenvalue weighted by Crippen LogP contribution is -1.95. The number of benzene rings is 5. The molecule has 0 amide bonds. The molecule has 0 radical (unpaired) electrons. The Labute approximate surface area is 244 Å². The van der Waals surface area contributed by atoms with Crippen molar-refractivity contribution >= 4 is 82.8 Å². The first-order valence-corrected chi connectivity index (χ1v) is 15.1. The third kappa shape index (κ3) is 3.29. The maximum atomic E-state index is 6.82. The minimum Gasteiger partial charge on any atom is -0.436 e. The summed E-state index contributed by atoms with van der Waals surface area (Å²) in [4.78, 5) is 6.57. The summed E-state index contributed by atoms with van der Waals surface area (Å²) < 4.78 is 10.1. The summed E-state index contributed by atoms with van der Waals surface area (Å²) in [7, 11) is 0. The Kier molecular flexibility index (Phi) is 4.87. The molecule has 0 N–H and O–H groups in total. The zero-order chi connectivity index (χ0) is 27.2. The molecule has 0 atom stereocenters. The van der Waals surface area contributed by atoms with E-state index in [0.717, 1.165) is 55.7 Å². The van der Waals surface area contributed by atoms with Gasteiger partial charge in [0.1, 0.15) is 5.52 Å². The maximum Gasteiger partial charge on any atom is 0.227 e. The molecule has 3 aromatic heterocycles. The number of oxazole rings is 1. The summed E-state index contributed by atoms with van der Waals surface area (Å²) in [6.07, 6.45) is 6.57. The van der Waals surface area contributed by atoms with Gasteiger partial charge < -0.3 is 8.98 Å². The van der Waals surface area contributed by atoms with Crippen LogP contribution in [0, 0.1) is 6.92 Å². The van der Waals surface area contributed by atoms with E-state index < -0.39 is 0 Å². The Hall–Kier alpha value is -4.38. The van der Waals surface area contributed by atoms with Crippen LogP contribution in [0.4, 0.5) is 0 Å². The van der Waals surface area contributed by atoms with Crippen LogP contribution in [0.2, 0.25) is 5.02 Å². The minimum absolute atomic E-state index is 0.621. The van der Waals surface area contributed by atoms with Gasteiger partial charge in [0.15, 0.2) is 5.58 Å². The Balaban J connectivity index is 1.41. The Morgan fingerprint density at radius 3 is 2.61 bits per heavy atom. The van der Waals surface area contributed by atoms with Crippen LogP contribution in [0.3, 0.4) is 0 Å². The van der Waals surface area contributed by atoms with Gasteiger partial charge in [-0.25, -0.2) is 4.98 Å². The van der Waals surface area contributed by atoms with E-state index in [9.17, 15) is 0 Å². The molecule has 1 aliphatic rings. The number of thiophene rings is 1. The highest BCUT2D eigenvalue weighted by molar-refractivity contribution is 7.20. The van der Waals surface area contributed by atoms with Gasteiger partial charge >= 0.3 is 0 Å². The van der Waals surface area contributed by atoms with Gasteiger partial charge in [0, 0.05) is 43.7 Å². The van der Waals surface area contributed by atoms with E-state index in [1.54, 1.807) is 11.3 Å². The van der Waals surface area contributed by atoms with Crippen LogP contribution in [-0.2, 0) is 6.42 Å². The smallest absolute Gasteiger partial charge is 0.227 e. The van der Waals surface area contributed by atoms with Gasteiger partial charge in [-0.15, -0.1) is 11.3 Å². The molecule has 196 valence electrons. The van der Waals surface area contributed by atoms with Gasteiger partial charge in [-0.05, 0) is 61.0 Å². The molecular weight excluding hydrogens is 544 g/mol. The van der Waals surface area contributed by atoms with Crippen molar-refractivity contribution < 1.29 is 4.42 Å². The molecule has 3 heterocycles. The van der Waals surface area contributed by atoms with Crippen molar-refractivity contribution in [3.05, 3.63) is 112 Å². The number of hydrogen-bond donors (Lipinski definition) is 0. The molecular formula is C36H23ClN2OS. The summed E-state index contributed by atoms with van der Waals surface area (Å²) in [5.41, 5.74) is 8.57. The van der Waals surface area contributed by atoms with Gasteiger partial charge in [0.05, 0.1) is 20.8 Å². The zero-order valence-electron chi connectivity index (χ0n) is 22.2. The van der Waals surface area contributed by atoms with Gasteiger partial charge in [-0.2, -0.15) is 0 Å². The Morgan fingerprint density at radius 1 is 0.878 bits per heavy atom. The van der Waals surface area contributed by atoms with Crippen LogP contribution in [0.25, 0.3) is 77.0 Å². The van der Waals surface area contributed by atoms with E-state index in [1.807, 2.05) is 6.07 Å². The lowest BCUT2D eigenvalue weighted by Gasteiger charge is -2.12. The standard InChI is InChI=1S/C36H23ClN2OS/c1-20-15-16-22-25(17-20)34-26(23-11-5-7-13-29(23)39(34)21-9-3-2-4-10-21)18-27(22)36-38-33-30(40-36)19-28(37)35-32(33)24-12-6-8-14-31(24)41-35/h2-7,9-13,15-19H,8,14H2,1H3. The highest BCUT2D eigenvalue weighted by Gasteiger charge is 2.24. The SMILES string of the molecule is Cc1ccc2c(-c3nc4c(cc(Cl)c5sc6c(c54)C=CCC6)o3)cc3c4ccccc4n(-c4ccccc4)c3c2c1. The predicted octanol–water partition coefficient (Wildman–Crippen LogP) is 10.9. The summed E-state index contributed by atoms with van der Waals surface area (Å²) >= 11 is 8.61. The molecule has 0 unspecified atom stereocenters. The highest BCUT2D eigenvalue weighted by Crippen LogP contribution is 2.46. The number of allylic oxidation sites excluding steroid dienone is 1. The second kappa shape index (κ2) is 8.56. The fourth-order valence-corrected chi connectivity index (χ4v) is 8.11. The molecule has 5 heteroatoms. The van der Waals surface area contributed by atoms with Crippen LogP contribution in [0.5, 0.6) is 0 Å². The fourth-order valence-electron chi connectivity index (χ4n) is 6.59. The van der Waals surface area contributed by atoms with Gasteiger partial charge in [-0.1, -0.05) is 77.8 Å². The average Bonchev–Trinajstić information content (AvgIpc) is 3.69. The van der Waals surface area contributed by atoms with Gasteiger partial charge in [0.2, 0.25) is 5.89 Å². The Bertz CT molecular complexity index is 2390. The van der Waals surface area contributed by atoms with Crippen molar-refractivity contribution in [2.75, 3.05) is 0 Å². The first-order chi connectivity index (χ1) is 20.2. The highest BCUT2D eigenvalue weighted by atomic mass is 35.5. The molecule has 0 bridgehead atoms. The lowest BCUT2D eigenvalue weighted by molar-refractivity contribution is 0.621. The number of rotatable bonds is 2. The van der Waals surface area contributed by atoms with Crippen molar-refractivity contribution in [1.82, 2.24) is 9.55 Å². The third-order valence-corrected chi connectivity index (χ3v) is 10.1. The fraction of sp³-hybridized carbons (Fsp3) is 0.0833. The normalized spacial score (nSPS) is 13.3. The monoisotopic (exact) mass is 566 g/mol. The molecule has 41 heavy (non-hydrogen) atoms. The topological polar surface area (TPSA) is 31.0 Å². The minimum atomic E-state index is 0.621. The summed E-state index contributed by atoms with van der Waals surface area (Å²) in [6, 6.07) is 30.1. The first-order valence-electron chi connectivity index (χ1n) is 13.9. The van der Waals surface area contributed by atoms with Crippen molar-refractivity contribution in [1.29, 1.82) is 0 Å². The van der Waals surface area contributed by atoms with Crippen LogP contribution < -0.4 is 0 Å². The van der Waals surface area contributed by atoms with Crippen molar-refractivity contribution in [2.24, 2.45) is 0 Å². The first kappa shape index (κ1) is 23.3. The number of fused-ring (bicyclic) bond motifs is 10. The third-order valence-electron chi connectivity index (χ3n) is 8.38. The molecule has 0 spiro atoms. The Morgan fingerprint density at radius 2 is 1.71 bits per heavy atom. The predicted molar refractivity (Wildman–Crippen MR) is 174 cm³/mol. The van der Waals surface area contributed by atoms with E-state index in [2.05, 4.69) is 103 Å². The second-order valence-electron chi connectivity index (χ2n) is 10.9. The summed E-state index contributed by atoms with van der Waals surface area (Å²) in [5, 5.41) is 6.52. The van der Waals surface area contributed by atoms with Gasteiger partial charge in [0.25, 0.3) is 0 Å². The van der Waals surface area contributed by atoms with Crippen LogP contribution >= 0.6 is 22.9 Å². The average molecular weight is 567 g/mol. The van der Waals surface area contributed by atoms with E-state index >= 15 is 0 Å². The number of aryl methyl sites for hydroxylation is 2. The zero-order valence-corrected chi connectivity index (χ0v) is 23.8. The molecule has 0 fully saturated rings. The molecule has 5 aromatic carbocycles. The van der Waals surface area contributed by atoms with Crippen LogP contribution in [0.15, 0.2) is 95.4 Å². The number of aromatic nitrogens is 2. The van der Waals surface area contributed by atoms with Crippen molar-refractivity contribution in [3.63, 3.8) is 0 Å². The molecule has 9 rings (SSSR count). The lowest BCUT2D eigenvalue weighted by atomic mass is 9.98. The maximum absolute atomic E-state index is 6.82. The second-order valence-corrected chi connectivity index (χ2v) is 12.4. The van der Waals surface area contributed by atoms with E-state index in [1.165, 1.54) is 43.2 Å². The molecule has 0 saturated heterocycles. The largest absolute Gasteiger partial charge is 0.436 e. The van der Waals surface area contributed by atoms with Crippen LogP contribution in [-0.4, -0.2) is 9.55 Å². The summed E-state index contributed by atoms with van der Waals surface area (Å²) in [6.45, 7) is 2.15. The van der Waals surface area contributed by atoms with Gasteiger partial charge in [-0.3, -0.25) is 0 Å². The number of para-hydroxylation sites is 2. The molecule has 3 nitrogen and oxygen atoms in total. The molecule has 0 saturated carbocycles.